The topological polar surface area (TPSA) is 23.6 Å². The third kappa shape index (κ3) is 4.48. The summed E-state index contributed by atoms with van der Waals surface area (Å²) in [4.78, 5) is 17.0. The summed E-state index contributed by atoms with van der Waals surface area (Å²) in [7, 11) is 0. The molecule has 1 heterocycles. The summed E-state index contributed by atoms with van der Waals surface area (Å²) >= 11 is 12.4. The number of aryl methyl sites for hydroxylation is 1. The Kier molecular flexibility index (Phi) is 5.83. The number of allylic oxidation sites excluding steroid dienone is 1. The van der Waals surface area contributed by atoms with Crippen molar-refractivity contribution in [3.63, 3.8) is 0 Å². The Hall–Kier alpha value is -1.97. The largest absolute Gasteiger partial charge is 0.324 e. The van der Waals surface area contributed by atoms with E-state index >= 15 is 0 Å². The van der Waals surface area contributed by atoms with Gasteiger partial charge in [-0.25, -0.2) is 4.79 Å². The molecule has 2 aromatic rings. The van der Waals surface area contributed by atoms with Crippen molar-refractivity contribution >= 4 is 34.9 Å². The van der Waals surface area contributed by atoms with Gasteiger partial charge in [0.15, 0.2) is 0 Å². The Morgan fingerprint density at radius 2 is 1.85 bits per heavy atom. The number of halogens is 2. The molecular formula is C22H24Cl2N2O. The lowest BCUT2D eigenvalue weighted by atomic mass is 9.83. The van der Waals surface area contributed by atoms with Crippen molar-refractivity contribution in [2.75, 3.05) is 18.0 Å². The molecule has 1 aliphatic heterocycles. The summed E-state index contributed by atoms with van der Waals surface area (Å²) in [6.07, 6.45) is 2.75. The normalized spacial score (nSPS) is 20.1. The van der Waals surface area contributed by atoms with Gasteiger partial charge in [0.2, 0.25) is 0 Å². The van der Waals surface area contributed by atoms with Crippen LogP contribution in [0.2, 0.25) is 10.0 Å². The van der Waals surface area contributed by atoms with Crippen LogP contribution < -0.4 is 4.90 Å². The van der Waals surface area contributed by atoms with E-state index in [1.807, 2.05) is 53.1 Å². The zero-order chi connectivity index (χ0) is 19.6. The van der Waals surface area contributed by atoms with Crippen LogP contribution in [0.4, 0.5) is 10.5 Å². The molecule has 0 bridgehead atoms. The Morgan fingerprint density at radius 3 is 2.48 bits per heavy atom. The number of carbonyl (C=O) groups is 1. The molecule has 1 atom stereocenters. The number of urea groups is 1. The molecule has 27 heavy (non-hydrogen) atoms. The fraction of sp³-hybridized carbons (Fsp3) is 0.318. The van der Waals surface area contributed by atoms with Crippen molar-refractivity contribution in [2.24, 2.45) is 5.41 Å². The summed E-state index contributed by atoms with van der Waals surface area (Å²) in [6, 6.07) is 13.5. The first-order valence-electron chi connectivity index (χ1n) is 8.99. The minimum absolute atomic E-state index is 0.00796. The zero-order valence-corrected chi connectivity index (χ0v) is 17.2. The van der Waals surface area contributed by atoms with Gasteiger partial charge in [-0.1, -0.05) is 60.0 Å². The lowest BCUT2D eigenvalue weighted by Gasteiger charge is -2.46. The van der Waals surface area contributed by atoms with Gasteiger partial charge in [-0.15, -0.1) is 6.58 Å². The van der Waals surface area contributed by atoms with E-state index in [0.717, 1.165) is 17.7 Å². The van der Waals surface area contributed by atoms with Crippen molar-refractivity contribution < 1.29 is 4.79 Å². The number of hydrogen-bond donors (Lipinski definition) is 0. The SMILES string of the molecule is C=CCC1(C)CN(Cc2ccc(Cl)cc2Cl)C(=O)N(c2ccc(C)cc2)C1. The molecule has 0 N–H and O–H groups in total. The van der Waals surface area contributed by atoms with Gasteiger partial charge >= 0.3 is 6.03 Å². The van der Waals surface area contributed by atoms with Crippen LogP contribution in [0.15, 0.2) is 55.1 Å². The average molecular weight is 403 g/mol. The van der Waals surface area contributed by atoms with Gasteiger partial charge in [-0.2, -0.15) is 0 Å². The summed E-state index contributed by atoms with van der Waals surface area (Å²) in [5.41, 5.74) is 2.88. The maximum absolute atomic E-state index is 13.2. The van der Waals surface area contributed by atoms with Gasteiger partial charge in [-0.05, 0) is 43.2 Å². The van der Waals surface area contributed by atoms with Gasteiger partial charge in [-0.3, -0.25) is 4.90 Å². The van der Waals surface area contributed by atoms with Crippen molar-refractivity contribution in [1.82, 2.24) is 4.90 Å². The summed E-state index contributed by atoms with van der Waals surface area (Å²) in [5, 5.41) is 1.17. The number of rotatable bonds is 5. The molecule has 0 aliphatic carbocycles. The Balaban J connectivity index is 1.92. The van der Waals surface area contributed by atoms with Crippen LogP contribution in [0.3, 0.4) is 0 Å². The van der Waals surface area contributed by atoms with Gasteiger partial charge in [0.1, 0.15) is 0 Å². The second kappa shape index (κ2) is 7.95. The van der Waals surface area contributed by atoms with E-state index < -0.39 is 0 Å². The Labute approximate surface area is 171 Å². The lowest BCUT2D eigenvalue weighted by Crippen LogP contribution is -2.57. The molecule has 1 fully saturated rings. The molecule has 142 valence electrons. The van der Waals surface area contributed by atoms with Crippen LogP contribution in [-0.2, 0) is 6.54 Å². The number of nitrogens with zero attached hydrogens (tertiary/aromatic N) is 2. The first-order valence-corrected chi connectivity index (χ1v) is 9.75. The van der Waals surface area contributed by atoms with E-state index in [4.69, 9.17) is 23.2 Å². The fourth-order valence-corrected chi connectivity index (χ4v) is 4.05. The standard InChI is InChI=1S/C22H24Cl2N2O/c1-4-11-22(3)14-25(13-17-7-8-18(23)12-20(17)24)21(27)26(15-22)19-9-5-16(2)6-10-19/h4-10,12H,1,11,13-15H2,2-3H3. The second-order valence-corrected chi connectivity index (χ2v) is 8.44. The quantitative estimate of drug-likeness (QED) is 0.536. The minimum atomic E-state index is -0.0839. The smallest absolute Gasteiger partial charge is 0.319 e. The highest BCUT2D eigenvalue weighted by Crippen LogP contribution is 2.34. The van der Waals surface area contributed by atoms with E-state index in [1.54, 1.807) is 12.1 Å². The average Bonchev–Trinajstić information content (AvgIpc) is 2.61. The maximum Gasteiger partial charge on any atom is 0.324 e. The summed E-state index contributed by atoms with van der Waals surface area (Å²) in [6.45, 7) is 9.90. The van der Waals surface area contributed by atoms with Crippen LogP contribution in [0, 0.1) is 12.3 Å². The Morgan fingerprint density at radius 1 is 1.15 bits per heavy atom. The first kappa shape index (κ1) is 19.8. The molecule has 3 nitrogen and oxygen atoms in total. The molecule has 0 radical (unpaired) electrons. The van der Waals surface area contributed by atoms with E-state index in [1.165, 1.54) is 5.56 Å². The fourth-order valence-electron chi connectivity index (χ4n) is 3.58. The number of anilines is 1. The molecule has 5 heteroatoms. The van der Waals surface area contributed by atoms with Crippen LogP contribution in [0.25, 0.3) is 0 Å². The number of hydrogen-bond acceptors (Lipinski definition) is 1. The van der Waals surface area contributed by atoms with Crippen molar-refractivity contribution in [3.8, 4) is 0 Å². The molecule has 0 saturated carbocycles. The Bertz CT molecular complexity index is 850. The zero-order valence-electron chi connectivity index (χ0n) is 15.7. The summed E-state index contributed by atoms with van der Waals surface area (Å²) < 4.78 is 0. The maximum atomic E-state index is 13.2. The van der Waals surface area contributed by atoms with Crippen LogP contribution in [-0.4, -0.2) is 24.0 Å². The molecule has 1 aliphatic rings. The van der Waals surface area contributed by atoms with Crippen LogP contribution in [0.1, 0.15) is 24.5 Å². The van der Waals surface area contributed by atoms with E-state index in [2.05, 4.69) is 13.5 Å². The lowest BCUT2D eigenvalue weighted by molar-refractivity contribution is 0.139. The van der Waals surface area contributed by atoms with Gasteiger partial charge < -0.3 is 4.90 Å². The molecule has 2 aromatic carbocycles. The first-order chi connectivity index (χ1) is 12.8. The molecule has 1 saturated heterocycles. The molecule has 0 aromatic heterocycles. The molecule has 1 unspecified atom stereocenters. The van der Waals surface area contributed by atoms with E-state index in [0.29, 0.717) is 29.7 Å². The highest BCUT2D eigenvalue weighted by molar-refractivity contribution is 6.35. The van der Waals surface area contributed by atoms with Gasteiger partial charge in [0, 0.05) is 40.8 Å². The highest BCUT2D eigenvalue weighted by Gasteiger charge is 2.39. The third-order valence-electron chi connectivity index (χ3n) is 4.97. The molecule has 3 rings (SSSR count). The monoisotopic (exact) mass is 402 g/mol. The van der Waals surface area contributed by atoms with Gasteiger partial charge in [0.25, 0.3) is 0 Å². The van der Waals surface area contributed by atoms with Crippen molar-refractivity contribution in [3.05, 3.63) is 76.3 Å². The number of benzene rings is 2. The van der Waals surface area contributed by atoms with Gasteiger partial charge in [0.05, 0.1) is 0 Å². The summed E-state index contributed by atoms with van der Waals surface area (Å²) in [5.74, 6) is 0. The van der Waals surface area contributed by atoms with Crippen molar-refractivity contribution in [2.45, 2.75) is 26.8 Å². The van der Waals surface area contributed by atoms with Crippen LogP contribution >= 0.6 is 23.2 Å². The molecule has 2 amide bonds. The molecule has 0 spiro atoms. The highest BCUT2D eigenvalue weighted by atomic mass is 35.5. The minimum Gasteiger partial charge on any atom is -0.319 e. The predicted molar refractivity (Wildman–Crippen MR) is 114 cm³/mol. The molecular weight excluding hydrogens is 379 g/mol. The van der Waals surface area contributed by atoms with Crippen LogP contribution in [0.5, 0.6) is 0 Å². The number of carbonyl (C=O) groups excluding carboxylic acids is 1. The predicted octanol–water partition coefficient (Wildman–Crippen LogP) is 6.33. The van der Waals surface area contributed by atoms with E-state index in [-0.39, 0.29) is 11.4 Å². The third-order valence-corrected chi connectivity index (χ3v) is 5.56. The van der Waals surface area contributed by atoms with Crippen molar-refractivity contribution in [1.29, 1.82) is 0 Å². The second-order valence-electron chi connectivity index (χ2n) is 7.60. The number of amides is 2. The van der Waals surface area contributed by atoms with E-state index in [9.17, 15) is 4.79 Å².